The van der Waals surface area contributed by atoms with Crippen LogP contribution in [0.3, 0.4) is 0 Å². The molecule has 23 heavy (non-hydrogen) atoms. The van der Waals surface area contributed by atoms with Gasteiger partial charge in [0.1, 0.15) is 5.78 Å². The molecule has 0 radical (unpaired) electrons. The molecular formula is C16H29NO4S2. The van der Waals surface area contributed by atoms with Gasteiger partial charge in [-0.1, -0.05) is 35.4 Å². The SMILES string of the molecule is CC(C)OCC1CC(O)CN1C(=O)CSSCCC(=O)C(C)C. The lowest BCUT2D eigenvalue weighted by molar-refractivity contribution is -0.130. The number of hydrogen-bond acceptors (Lipinski definition) is 6. The Labute approximate surface area is 147 Å². The molecule has 0 aromatic heterocycles. The van der Waals surface area contributed by atoms with E-state index in [-0.39, 0.29) is 29.8 Å². The quantitative estimate of drug-likeness (QED) is 0.475. The molecule has 1 aliphatic rings. The second-order valence-electron chi connectivity index (χ2n) is 6.43. The van der Waals surface area contributed by atoms with E-state index in [2.05, 4.69) is 0 Å². The minimum atomic E-state index is -0.457. The van der Waals surface area contributed by atoms with Crippen molar-refractivity contribution in [2.45, 2.75) is 58.8 Å². The fourth-order valence-corrected chi connectivity index (χ4v) is 4.23. The van der Waals surface area contributed by atoms with Crippen LogP contribution < -0.4 is 0 Å². The highest BCUT2D eigenvalue weighted by molar-refractivity contribution is 8.76. The van der Waals surface area contributed by atoms with E-state index in [1.165, 1.54) is 10.8 Å². The molecule has 2 atom stereocenters. The van der Waals surface area contributed by atoms with Crippen LogP contribution in [0.5, 0.6) is 0 Å². The Bertz CT molecular complexity index is 390. The number of carbonyl (C=O) groups is 2. The van der Waals surface area contributed by atoms with Crippen molar-refractivity contribution in [3.8, 4) is 0 Å². The summed E-state index contributed by atoms with van der Waals surface area (Å²) in [5.41, 5.74) is 0. The molecule has 1 amide bonds. The van der Waals surface area contributed by atoms with Crippen molar-refractivity contribution < 1.29 is 19.4 Å². The second-order valence-corrected chi connectivity index (χ2v) is 9.01. The van der Waals surface area contributed by atoms with Gasteiger partial charge in [-0.05, 0) is 20.3 Å². The van der Waals surface area contributed by atoms with Gasteiger partial charge < -0.3 is 14.7 Å². The van der Waals surface area contributed by atoms with E-state index < -0.39 is 6.10 Å². The number of aliphatic hydroxyl groups is 1. The summed E-state index contributed by atoms with van der Waals surface area (Å²) in [6.45, 7) is 8.59. The van der Waals surface area contributed by atoms with Crippen molar-refractivity contribution in [3.63, 3.8) is 0 Å². The average molecular weight is 364 g/mol. The molecule has 2 unspecified atom stereocenters. The molecule has 1 aliphatic heterocycles. The number of ether oxygens (including phenoxy) is 1. The van der Waals surface area contributed by atoms with Gasteiger partial charge in [-0.3, -0.25) is 9.59 Å². The van der Waals surface area contributed by atoms with Crippen LogP contribution in [0.2, 0.25) is 0 Å². The largest absolute Gasteiger partial charge is 0.391 e. The molecule has 134 valence electrons. The number of Topliss-reactive ketones (excluding diaryl/α,β-unsaturated/α-hetero) is 1. The Morgan fingerprint density at radius 1 is 1.26 bits per heavy atom. The van der Waals surface area contributed by atoms with Crippen molar-refractivity contribution in [3.05, 3.63) is 0 Å². The molecule has 0 spiro atoms. The molecule has 1 fully saturated rings. The van der Waals surface area contributed by atoms with Crippen LogP contribution in [0.15, 0.2) is 0 Å². The van der Waals surface area contributed by atoms with Gasteiger partial charge in [0.15, 0.2) is 0 Å². The summed E-state index contributed by atoms with van der Waals surface area (Å²) in [7, 11) is 3.04. The lowest BCUT2D eigenvalue weighted by Gasteiger charge is -2.25. The zero-order valence-corrected chi connectivity index (χ0v) is 16.1. The van der Waals surface area contributed by atoms with Crippen molar-refractivity contribution in [1.29, 1.82) is 0 Å². The Balaban J connectivity index is 2.28. The molecule has 1 N–H and O–H groups in total. The van der Waals surface area contributed by atoms with Gasteiger partial charge in [-0.25, -0.2) is 0 Å². The fraction of sp³-hybridized carbons (Fsp3) is 0.875. The summed E-state index contributed by atoms with van der Waals surface area (Å²) in [5, 5.41) is 9.81. The van der Waals surface area contributed by atoms with Crippen LogP contribution in [-0.4, -0.2) is 64.6 Å². The van der Waals surface area contributed by atoms with E-state index in [9.17, 15) is 14.7 Å². The maximum atomic E-state index is 12.3. The number of nitrogens with zero attached hydrogens (tertiary/aromatic N) is 1. The number of hydrogen-bond donors (Lipinski definition) is 1. The fourth-order valence-electron chi connectivity index (χ4n) is 2.32. The summed E-state index contributed by atoms with van der Waals surface area (Å²) in [4.78, 5) is 25.6. The lowest BCUT2D eigenvalue weighted by Crippen LogP contribution is -2.40. The maximum absolute atomic E-state index is 12.3. The van der Waals surface area contributed by atoms with Crippen LogP contribution in [0.1, 0.15) is 40.5 Å². The Morgan fingerprint density at radius 3 is 2.57 bits per heavy atom. The van der Waals surface area contributed by atoms with E-state index in [0.29, 0.717) is 31.7 Å². The van der Waals surface area contributed by atoms with Crippen LogP contribution in [0.4, 0.5) is 0 Å². The lowest BCUT2D eigenvalue weighted by atomic mass is 10.1. The molecule has 7 heteroatoms. The highest BCUT2D eigenvalue weighted by Crippen LogP contribution is 2.25. The highest BCUT2D eigenvalue weighted by atomic mass is 33.1. The van der Waals surface area contributed by atoms with Crippen LogP contribution >= 0.6 is 21.6 Å². The maximum Gasteiger partial charge on any atom is 0.233 e. The highest BCUT2D eigenvalue weighted by Gasteiger charge is 2.34. The van der Waals surface area contributed by atoms with E-state index in [1.54, 1.807) is 15.7 Å². The molecule has 0 saturated carbocycles. The second kappa shape index (κ2) is 10.6. The summed E-state index contributed by atoms with van der Waals surface area (Å²) in [6.07, 6.45) is 0.796. The topological polar surface area (TPSA) is 66.8 Å². The number of amides is 1. The first kappa shape index (κ1) is 20.8. The van der Waals surface area contributed by atoms with Crippen LogP contribution in [0.25, 0.3) is 0 Å². The average Bonchev–Trinajstić information content (AvgIpc) is 2.85. The van der Waals surface area contributed by atoms with Crippen molar-refractivity contribution in [2.75, 3.05) is 24.7 Å². The molecule has 0 aromatic carbocycles. The zero-order chi connectivity index (χ0) is 17.4. The van der Waals surface area contributed by atoms with Gasteiger partial charge in [0.2, 0.25) is 5.91 Å². The minimum absolute atomic E-state index is 0.0339. The zero-order valence-electron chi connectivity index (χ0n) is 14.5. The van der Waals surface area contributed by atoms with Gasteiger partial charge in [-0.2, -0.15) is 0 Å². The Hall–Kier alpha value is -0.240. The first-order valence-corrected chi connectivity index (χ1v) is 10.7. The smallest absolute Gasteiger partial charge is 0.233 e. The molecule has 1 saturated heterocycles. The van der Waals surface area contributed by atoms with Crippen molar-refractivity contribution in [2.24, 2.45) is 5.92 Å². The van der Waals surface area contributed by atoms with Gasteiger partial charge in [0, 0.05) is 24.6 Å². The van der Waals surface area contributed by atoms with E-state index >= 15 is 0 Å². The molecule has 5 nitrogen and oxygen atoms in total. The van der Waals surface area contributed by atoms with Gasteiger partial charge in [0.25, 0.3) is 0 Å². The summed E-state index contributed by atoms with van der Waals surface area (Å²) >= 11 is 0. The molecule has 1 heterocycles. The van der Waals surface area contributed by atoms with Crippen molar-refractivity contribution >= 4 is 33.3 Å². The molecule has 0 bridgehead atoms. The molecule has 0 aromatic rings. The standard InChI is InChI=1S/C16H29NO4S2/c1-11(2)15(19)5-6-22-23-10-16(20)17-8-14(18)7-13(17)9-21-12(3)4/h11-14,18H,5-10H2,1-4H3. The number of ketones is 1. The van der Waals surface area contributed by atoms with Crippen molar-refractivity contribution in [1.82, 2.24) is 4.90 Å². The number of carbonyl (C=O) groups excluding carboxylic acids is 2. The summed E-state index contributed by atoms with van der Waals surface area (Å²) in [5.74, 6) is 1.47. The third kappa shape index (κ3) is 7.92. The van der Waals surface area contributed by atoms with E-state index in [0.717, 1.165) is 5.75 Å². The van der Waals surface area contributed by atoms with E-state index in [4.69, 9.17) is 4.74 Å². The third-order valence-corrected chi connectivity index (χ3v) is 5.93. The minimum Gasteiger partial charge on any atom is -0.391 e. The summed E-state index contributed by atoms with van der Waals surface area (Å²) in [6, 6.07) is -0.0342. The van der Waals surface area contributed by atoms with Gasteiger partial charge >= 0.3 is 0 Å². The molecule has 0 aliphatic carbocycles. The Morgan fingerprint density at radius 2 is 1.96 bits per heavy atom. The van der Waals surface area contributed by atoms with Gasteiger partial charge in [0.05, 0.1) is 30.6 Å². The predicted molar refractivity (Wildman–Crippen MR) is 96.6 cm³/mol. The number of aliphatic hydroxyl groups excluding tert-OH is 1. The predicted octanol–water partition coefficient (Wildman–Crippen LogP) is 2.37. The molecular weight excluding hydrogens is 334 g/mol. The van der Waals surface area contributed by atoms with Crippen LogP contribution in [0, 0.1) is 5.92 Å². The normalized spacial score (nSPS) is 21.4. The van der Waals surface area contributed by atoms with Gasteiger partial charge in [-0.15, -0.1) is 0 Å². The first-order chi connectivity index (χ1) is 10.8. The van der Waals surface area contributed by atoms with E-state index in [1.807, 2.05) is 27.7 Å². The number of likely N-dealkylation sites (tertiary alicyclic amines) is 1. The summed E-state index contributed by atoms with van der Waals surface area (Å²) < 4.78 is 5.59. The first-order valence-electron chi connectivity index (χ1n) is 8.17. The monoisotopic (exact) mass is 363 g/mol. The Kier molecular flexibility index (Phi) is 9.58. The number of β-amino-alcohol motifs (C(OH)–C–C–N with tert-alkyl or cyclic N) is 1. The molecule has 1 rings (SSSR count). The van der Waals surface area contributed by atoms with Crippen LogP contribution in [-0.2, 0) is 14.3 Å². The number of rotatable bonds is 10. The third-order valence-electron chi connectivity index (χ3n) is 3.68.